The van der Waals surface area contributed by atoms with Crippen LogP contribution in [0.2, 0.25) is 0 Å². The molecule has 0 radical (unpaired) electrons. The van der Waals surface area contributed by atoms with Crippen LogP contribution in [0.25, 0.3) is 10.9 Å². The van der Waals surface area contributed by atoms with Crippen LogP contribution < -0.4 is 31.7 Å². The van der Waals surface area contributed by atoms with Crippen LogP contribution in [-0.4, -0.2) is 62.4 Å². The number of methoxy groups -OCH3 is 1. The van der Waals surface area contributed by atoms with E-state index < -0.39 is 0 Å². The predicted octanol–water partition coefficient (Wildman–Crippen LogP) is 6.36. The molecule has 0 bridgehead atoms. The molecule has 0 fully saturated rings. The van der Waals surface area contributed by atoms with E-state index in [9.17, 15) is 0 Å². The summed E-state index contributed by atoms with van der Waals surface area (Å²) in [6.45, 7) is 19.8. The highest BCUT2D eigenvalue weighted by molar-refractivity contribution is 5.92. The summed E-state index contributed by atoms with van der Waals surface area (Å²) < 4.78 is 5.57. The molecular weight excluding hydrogens is 508 g/mol. The van der Waals surface area contributed by atoms with Crippen LogP contribution >= 0.6 is 0 Å². The van der Waals surface area contributed by atoms with Gasteiger partial charge in [-0.2, -0.15) is 0 Å². The van der Waals surface area contributed by atoms with Crippen LogP contribution in [0.5, 0.6) is 5.75 Å². The van der Waals surface area contributed by atoms with Gasteiger partial charge in [-0.3, -0.25) is 4.98 Å². The number of anilines is 1. The first-order valence-corrected chi connectivity index (χ1v) is 16.2. The van der Waals surface area contributed by atoms with E-state index in [0.717, 1.165) is 73.5 Å². The Bertz CT molecular complexity index is 991. The number of hydrogen-bond acceptors (Lipinski definition) is 7. The molecule has 0 amide bonds. The maximum Gasteiger partial charge on any atom is 0.121 e. The van der Waals surface area contributed by atoms with Crippen LogP contribution in [0, 0.1) is 0 Å². The van der Waals surface area contributed by atoms with Crippen LogP contribution in [0.15, 0.2) is 24.3 Å². The van der Waals surface area contributed by atoms with E-state index in [1.54, 1.807) is 7.11 Å². The van der Waals surface area contributed by atoms with Crippen LogP contribution in [0.1, 0.15) is 106 Å². The molecule has 0 saturated heterocycles. The van der Waals surface area contributed by atoms with E-state index in [4.69, 9.17) is 15.5 Å². The first-order chi connectivity index (χ1) is 19.5. The second-order valence-electron chi connectivity index (χ2n) is 13.2. The highest BCUT2D eigenvalue weighted by Gasteiger charge is 2.18. The van der Waals surface area contributed by atoms with E-state index in [0.29, 0.717) is 24.2 Å². The maximum atomic E-state index is 5.60. The van der Waals surface area contributed by atoms with Gasteiger partial charge in [0.05, 0.1) is 18.3 Å². The fraction of sp³-hybridized carbons (Fsp3) is 0.735. The van der Waals surface area contributed by atoms with Gasteiger partial charge < -0.3 is 31.7 Å². The fourth-order valence-corrected chi connectivity index (χ4v) is 5.19. The highest BCUT2D eigenvalue weighted by Crippen LogP contribution is 2.31. The number of fused-ring (bicyclic) bond motifs is 1. The smallest absolute Gasteiger partial charge is 0.121 e. The van der Waals surface area contributed by atoms with Gasteiger partial charge in [-0.25, -0.2) is 0 Å². The molecule has 7 heteroatoms. The zero-order valence-electron chi connectivity index (χ0n) is 27.5. The van der Waals surface area contributed by atoms with Crippen molar-refractivity contribution in [2.45, 2.75) is 129 Å². The molecule has 0 spiro atoms. The number of nitrogens with one attached hydrogen (secondary N) is 4. The van der Waals surface area contributed by atoms with Gasteiger partial charge in [-0.1, -0.05) is 26.8 Å². The quantitative estimate of drug-likeness (QED) is 0.112. The molecule has 1 aromatic carbocycles. The Morgan fingerprint density at radius 1 is 0.756 bits per heavy atom. The second-order valence-corrected chi connectivity index (χ2v) is 13.2. The summed E-state index contributed by atoms with van der Waals surface area (Å²) in [6, 6.07) is 10.5. The standard InChI is InChI=1S/C34H62N6O/c1-25(13-9-19-35)36-20-10-14-26(2)37-21-11-15-27(3)38-22-12-16-28(4)39-31-24-30(41-8)23-29-17-18-32(34(5,6)7)40-33(29)31/h17-18,23-28,36-39H,9-16,19-22,35H2,1-8H3. The molecule has 1 heterocycles. The number of aromatic nitrogens is 1. The van der Waals surface area contributed by atoms with Crippen molar-refractivity contribution in [3.8, 4) is 5.75 Å². The summed E-state index contributed by atoms with van der Waals surface area (Å²) in [5.41, 5.74) is 8.78. The number of hydrogen-bond donors (Lipinski definition) is 5. The Labute approximate surface area is 251 Å². The molecule has 0 aliphatic rings. The Morgan fingerprint density at radius 3 is 1.76 bits per heavy atom. The van der Waals surface area contributed by atoms with E-state index in [2.05, 4.69) is 94.0 Å². The lowest BCUT2D eigenvalue weighted by Gasteiger charge is -2.21. The third kappa shape index (κ3) is 13.7. The predicted molar refractivity (Wildman–Crippen MR) is 178 cm³/mol. The molecule has 0 aliphatic heterocycles. The molecule has 0 aliphatic carbocycles. The van der Waals surface area contributed by atoms with E-state index in [1.807, 2.05) is 0 Å². The van der Waals surface area contributed by atoms with Gasteiger partial charge in [-0.15, -0.1) is 0 Å². The highest BCUT2D eigenvalue weighted by atomic mass is 16.5. The zero-order valence-corrected chi connectivity index (χ0v) is 27.5. The topological polar surface area (TPSA) is 96.3 Å². The van der Waals surface area contributed by atoms with Crippen molar-refractivity contribution >= 4 is 16.6 Å². The van der Waals surface area contributed by atoms with Gasteiger partial charge in [0, 0.05) is 46.7 Å². The number of rotatable bonds is 21. The first-order valence-electron chi connectivity index (χ1n) is 16.2. The Hall–Kier alpha value is -1.93. The van der Waals surface area contributed by atoms with Crippen LogP contribution in [-0.2, 0) is 5.41 Å². The normalized spacial score (nSPS) is 15.0. The summed E-state index contributed by atoms with van der Waals surface area (Å²) in [5, 5.41) is 15.9. The van der Waals surface area contributed by atoms with Gasteiger partial charge >= 0.3 is 0 Å². The minimum absolute atomic E-state index is 0.00850. The number of pyridine rings is 1. The Kier molecular flexibility index (Phi) is 16.0. The van der Waals surface area contributed by atoms with Gasteiger partial charge in [-0.05, 0) is 117 Å². The summed E-state index contributed by atoms with van der Waals surface area (Å²) in [4.78, 5) is 5.03. The third-order valence-corrected chi connectivity index (χ3v) is 7.93. The van der Waals surface area contributed by atoms with Crippen LogP contribution in [0.3, 0.4) is 0 Å². The zero-order chi connectivity index (χ0) is 30.3. The molecule has 7 nitrogen and oxygen atoms in total. The van der Waals surface area contributed by atoms with E-state index in [1.165, 1.54) is 32.1 Å². The molecule has 6 N–H and O–H groups in total. The molecule has 2 rings (SSSR count). The van der Waals surface area contributed by atoms with Gasteiger partial charge in [0.2, 0.25) is 0 Å². The van der Waals surface area contributed by atoms with Crippen molar-refractivity contribution in [3.05, 3.63) is 30.0 Å². The van der Waals surface area contributed by atoms with Crippen molar-refractivity contribution in [1.82, 2.24) is 20.9 Å². The lowest BCUT2D eigenvalue weighted by atomic mass is 9.91. The molecule has 1 aromatic heterocycles. The van der Waals surface area contributed by atoms with Gasteiger partial charge in [0.1, 0.15) is 5.75 Å². The molecule has 4 atom stereocenters. The Balaban J connectivity index is 1.64. The summed E-state index contributed by atoms with van der Waals surface area (Å²) >= 11 is 0. The number of nitrogens with two attached hydrogens (primary N) is 1. The molecule has 4 unspecified atom stereocenters. The maximum absolute atomic E-state index is 5.60. The van der Waals surface area contributed by atoms with Gasteiger partial charge in [0.15, 0.2) is 0 Å². The molecular formula is C34H62N6O. The van der Waals surface area contributed by atoms with Gasteiger partial charge in [0.25, 0.3) is 0 Å². The SMILES string of the molecule is COc1cc(NC(C)CCCNC(C)CCCNC(C)CCCNC(C)CCCN)c2nc(C(C)(C)C)ccc2c1. The monoisotopic (exact) mass is 570 g/mol. The van der Waals surface area contributed by atoms with Crippen molar-refractivity contribution in [3.63, 3.8) is 0 Å². The molecule has 234 valence electrons. The van der Waals surface area contributed by atoms with E-state index >= 15 is 0 Å². The number of benzene rings is 1. The largest absolute Gasteiger partial charge is 0.497 e. The first kappa shape index (κ1) is 35.3. The molecule has 41 heavy (non-hydrogen) atoms. The second kappa shape index (κ2) is 18.6. The molecule has 0 saturated carbocycles. The minimum Gasteiger partial charge on any atom is -0.497 e. The number of ether oxygens (including phenoxy) is 1. The summed E-state index contributed by atoms with van der Waals surface area (Å²) in [5.74, 6) is 0.859. The lowest BCUT2D eigenvalue weighted by Crippen LogP contribution is -2.32. The van der Waals surface area contributed by atoms with Crippen LogP contribution in [0.4, 0.5) is 5.69 Å². The minimum atomic E-state index is 0.00850. The van der Waals surface area contributed by atoms with Crippen molar-refractivity contribution in [2.75, 3.05) is 38.6 Å². The average Bonchev–Trinajstić information content (AvgIpc) is 2.93. The lowest BCUT2D eigenvalue weighted by molar-refractivity contribution is 0.415. The molecule has 2 aromatic rings. The fourth-order valence-electron chi connectivity index (χ4n) is 5.19. The number of nitrogens with zero attached hydrogens (tertiary/aromatic N) is 1. The summed E-state index contributed by atoms with van der Waals surface area (Å²) in [6.07, 6.45) is 9.34. The average molecular weight is 571 g/mol. The van der Waals surface area contributed by atoms with Crippen molar-refractivity contribution < 1.29 is 4.74 Å². The van der Waals surface area contributed by atoms with E-state index in [-0.39, 0.29) is 5.41 Å². The Morgan fingerprint density at radius 2 is 1.27 bits per heavy atom. The van der Waals surface area contributed by atoms with Crippen molar-refractivity contribution in [1.29, 1.82) is 0 Å². The third-order valence-electron chi connectivity index (χ3n) is 7.93. The summed E-state index contributed by atoms with van der Waals surface area (Å²) in [7, 11) is 1.72. The van der Waals surface area contributed by atoms with Crippen molar-refractivity contribution in [2.24, 2.45) is 5.73 Å².